The highest BCUT2D eigenvalue weighted by Gasteiger charge is 2.40. The van der Waals surface area contributed by atoms with E-state index in [1.807, 2.05) is 30.3 Å². The van der Waals surface area contributed by atoms with Crippen molar-refractivity contribution in [1.29, 1.82) is 0 Å². The minimum absolute atomic E-state index is 0.461. The van der Waals surface area contributed by atoms with Gasteiger partial charge in [0.25, 0.3) is 0 Å². The molecule has 2 unspecified atom stereocenters. The van der Waals surface area contributed by atoms with Gasteiger partial charge < -0.3 is 20.4 Å². The van der Waals surface area contributed by atoms with Crippen molar-refractivity contribution >= 4 is 32.3 Å². The van der Waals surface area contributed by atoms with Gasteiger partial charge in [-0.25, -0.2) is 0 Å². The Morgan fingerprint density at radius 3 is 2.00 bits per heavy atom. The summed E-state index contributed by atoms with van der Waals surface area (Å²) in [6, 6.07) is 19.9. The molecule has 0 heterocycles. The van der Waals surface area contributed by atoms with Crippen molar-refractivity contribution in [3.63, 3.8) is 0 Å². The molecule has 0 radical (unpaired) electrons. The second-order valence-corrected chi connectivity index (χ2v) is 7.02. The predicted molar refractivity (Wildman–Crippen MR) is 101 cm³/mol. The molecule has 0 spiro atoms. The monoisotopic (exact) mass is 346 g/mol. The van der Waals surface area contributed by atoms with Crippen LogP contribution in [0.2, 0.25) is 0 Å². The van der Waals surface area contributed by atoms with E-state index < -0.39 is 24.4 Å². The molecule has 5 rings (SSSR count). The molecule has 0 saturated carbocycles. The van der Waals surface area contributed by atoms with Gasteiger partial charge in [-0.3, -0.25) is 0 Å². The van der Waals surface area contributed by atoms with Gasteiger partial charge in [0.2, 0.25) is 0 Å². The zero-order chi connectivity index (χ0) is 18.0. The second kappa shape index (κ2) is 5.50. The van der Waals surface area contributed by atoms with E-state index >= 15 is 0 Å². The van der Waals surface area contributed by atoms with Gasteiger partial charge in [0.15, 0.2) is 0 Å². The van der Waals surface area contributed by atoms with Crippen LogP contribution in [0.15, 0.2) is 60.7 Å². The van der Waals surface area contributed by atoms with E-state index in [4.69, 9.17) is 0 Å². The van der Waals surface area contributed by atoms with Crippen LogP contribution in [0.4, 0.5) is 0 Å². The zero-order valence-electron chi connectivity index (χ0n) is 13.9. The minimum Gasteiger partial charge on any atom is -0.387 e. The van der Waals surface area contributed by atoms with E-state index in [1.54, 1.807) is 6.07 Å². The first-order valence-electron chi connectivity index (χ1n) is 8.66. The maximum atomic E-state index is 10.5. The first-order valence-corrected chi connectivity index (χ1v) is 8.66. The Balaban J connectivity index is 1.88. The SMILES string of the molecule is OC1c2ccc3cc4c(ccc5ccccc54)cc3c2C(O)[C@H](O)[C@H]1O. The van der Waals surface area contributed by atoms with E-state index in [-0.39, 0.29) is 0 Å². The Kier molecular flexibility index (Phi) is 3.33. The lowest BCUT2D eigenvalue weighted by molar-refractivity contribution is -0.119. The van der Waals surface area contributed by atoms with E-state index in [1.165, 1.54) is 0 Å². The summed E-state index contributed by atoms with van der Waals surface area (Å²) in [5, 5.41) is 47.1. The molecule has 26 heavy (non-hydrogen) atoms. The number of hydrogen-bond acceptors (Lipinski definition) is 4. The molecular weight excluding hydrogens is 328 g/mol. The maximum Gasteiger partial charge on any atom is 0.113 e. The molecular formula is C22H18O4. The molecule has 4 heteroatoms. The fourth-order valence-corrected chi connectivity index (χ4v) is 4.18. The van der Waals surface area contributed by atoms with Crippen LogP contribution in [-0.4, -0.2) is 32.6 Å². The average molecular weight is 346 g/mol. The van der Waals surface area contributed by atoms with Crippen LogP contribution in [0.5, 0.6) is 0 Å². The van der Waals surface area contributed by atoms with Crippen LogP contribution < -0.4 is 0 Å². The lowest BCUT2D eigenvalue weighted by Gasteiger charge is -2.35. The number of fused-ring (bicyclic) bond motifs is 6. The van der Waals surface area contributed by atoms with Gasteiger partial charge in [-0.2, -0.15) is 0 Å². The molecule has 1 aliphatic rings. The molecule has 4 aromatic carbocycles. The zero-order valence-corrected chi connectivity index (χ0v) is 13.9. The fourth-order valence-electron chi connectivity index (χ4n) is 4.18. The van der Waals surface area contributed by atoms with Crippen molar-refractivity contribution in [2.45, 2.75) is 24.4 Å². The fraction of sp³-hybridized carbons (Fsp3) is 0.182. The predicted octanol–water partition coefficient (Wildman–Crippen LogP) is 2.95. The highest BCUT2D eigenvalue weighted by atomic mass is 16.4. The summed E-state index contributed by atoms with van der Waals surface area (Å²) in [6.07, 6.45) is -5.29. The Labute approximate surface area is 149 Å². The molecule has 4 aromatic rings. The Bertz CT molecular complexity index is 1170. The van der Waals surface area contributed by atoms with Gasteiger partial charge in [0.1, 0.15) is 24.4 Å². The van der Waals surface area contributed by atoms with Crippen LogP contribution in [0.25, 0.3) is 32.3 Å². The molecule has 4 atom stereocenters. The second-order valence-electron chi connectivity index (χ2n) is 7.02. The molecule has 0 aromatic heterocycles. The van der Waals surface area contributed by atoms with E-state index in [2.05, 4.69) is 24.3 Å². The highest BCUT2D eigenvalue weighted by molar-refractivity contribution is 6.12. The van der Waals surface area contributed by atoms with E-state index in [0.717, 1.165) is 32.3 Å². The normalized spacial score (nSPS) is 25.7. The molecule has 1 aliphatic carbocycles. The number of aliphatic hydroxyl groups is 4. The van der Waals surface area contributed by atoms with Crippen molar-refractivity contribution < 1.29 is 20.4 Å². The largest absolute Gasteiger partial charge is 0.387 e. The van der Waals surface area contributed by atoms with E-state index in [9.17, 15) is 20.4 Å². The lowest BCUT2D eigenvalue weighted by atomic mass is 9.80. The van der Waals surface area contributed by atoms with Gasteiger partial charge in [0, 0.05) is 0 Å². The smallest absolute Gasteiger partial charge is 0.113 e. The summed E-state index contributed by atoms with van der Waals surface area (Å²) < 4.78 is 0. The van der Waals surface area contributed by atoms with Crippen LogP contribution >= 0.6 is 0 Å². The van der Waals surface area contributed by atoms with Crippen molar-refractivity contribution in [1.82, 2.24) is 0 Å². The Morgan fingerprint density at radius 2 is 1.15 bits per heavy atom. The highest BCUT2D eigenvalue weighted by Crippen LogP contribution is 2.42. The molecule has 0 bridgehead atoms. The van der Waals surface area contributed by atoms with Gasteiger partial charge in [0.05, 0.1) is 0 Å². The summed E-state index contributed by atoms with van der Waals surface area (Å²) in [6.45, 7) is 0. The first-order chi connectivity index (χ1) is 12.6. The van der Waals surface area contributed by atoms with Crippen LogP contribution in [0.3, 0.4) is 0 Å². The molecule has 0 amide bonds. The molecule has 0 fully saturated rings. The standard InChI is InChI=1S/C22H18O4/c23-19-15-8-7-13-9-16-12(6-5-11-3-1-2-4-14(11)16)10-17(13)18(15)20(24)22(26)21(19)25/h1-10,19-26H/t19?,20?,21-,22-/m0/s1. The van der Waals surface area contributed by atoms with Crippen LogP contribution in [0.1, 0.15) is 23.3 Å². The van der Waals surface area contributed by atoms with Crippen molar-refractivity contribution in [3.8, 4) is 0 Å². The summed E-state index contributed by atoms with van der Waals surface area (Å²) in [4.78, 5) is 0. The van der Waals surface area contributed by atoms with Crippen molar-refractivity contribution in [2.24, 2.45) is 0 Å². The third kappa shape index (κ3) is 2.04. The Morgan fingerprint density at radius 1 is 0.538 bits per heavy atom. The molecule has 130 valence electrons. The van der Waals surface area contributed by atoms with Gasteiger partial charge in [-0.1, -0.05) is 48.5 Å². The van der Waals surface area contributed by atoms with Gasteiger partial charge in [-0.05, 0) is 55.6 Å². The van der Waals surface area contributed by atoms with Gasteiger partial charge >= 0.3 is 0 Å². The number of rotatable bonds is 0. The molecule has 4 N–H and O–H groups in total. The summed E-state index contributed by atoms with van der Waals surface area (Å²) in [7, 11) is 0. The third-order valence-corrected chi connectivity index (χ3v) is 5.57. The quantitative estimate of drug-likeness (QED) is 0.291. The molecule has 0 saturated heterocycles. The summed E-state index contributed by atoms with van der Waals surface area (Å²) in [5.41, 5.74) is 0.950. The summed E-state index contributed by atoms with van der Waals surface area (Å²) in [5.74, 6) is 0. The topological polar surface area (TPSA) is 80.9 Å². The maximum absolute atomic E-state index is 10.5. The number of hydrogen-bond donors (Lipinski definition) is 4. The van der Waals surface area contributed by atoms with Crippen LogP contribution in [0, 0.1) is 0 Å². The lowest BCUT2D eigenvalue weighted by Crippen LogP contribution is -2.41. The van der Waals surface area contributed by atoms with E-state index in [0.29, 0.717) is 11.1 Å². The van der Waals surface area contributed by atoms with Gasteiger partial charge in [-0.15, -0.1) is 0 Å². The minimum atomic E-state index is -1.42. The van der Waals surface area contributed by atoms with Crippen molar-refractivity contribution in [3.05, 3.63) is 71.8 Å². The Hall–Kier alpha value is -2.50. The van der Waals surface area contributed by atoms with Crippen molar-refractivity contribution in [2.75, 3.05) is 0 Å². The molecule has 4 nitrogen and oxygen atoms in total. The average Bonchev–Trinajstić information content (AvgIpc) is 2.68. The summed E-state index contributed by atoms with van der Waals surface area (Å²) >= 11 is 0. The van der Waals surface area contributed by atoms with Crippen LogP contribution in [-0.2, 0) is 0 Å². The number of benzene rings is 4. The number of aliphatic hydroxyl groups excluding tert-OH is 4. The first kappa shape index (κ1) is 15.7. The third-order valence-electron chi connectivity index (χ3n) is 5.57. The molecule has 0 aliphatic heterocycles.